The van der Waals surface area contributed by atoms with E-state index in [1.165, 1.54) is 5.56 Å². The fourth-order valence-electron chi connectivity index (χ4n) is 2.61. The summed E-state index contributed by atoms with van der Waals surface area (Å²) in [6, 6.07) is 10.2. The molecule has 1 saturated heterocycles. The maximum atomic E-state index is 12.1. The number of hydrogen-bond donors (Lipinski definition) is 0. The molecule has 0 aromatic heterocycles. The lowest BCUT2D eigenvalue weighted by Crippen LogP contribution is -2.43. The monoisotopic (exact) mass is 305 g/mol. The zero-order chi connectivity index (χ0) is 16.0. The van der Waals surface area contributed by atoms with Crippen LogP contribution < -0.4 is 0 Å². The topological polar surface area (TPSA) is 38.8 Å². The number of carbonyl (C=O) groups excluding carboxylic acids is 1. The Morgan fingerprint density at radius 3 is 2.68 bits per heavy atom. The molecule has 22 heavy (non-hydrogen) atoms. The van der Waals surface area contributed by atoms with Crippen LogP contribution in [0.4, 0.5) is 4.79 Å². The van der Waals surface area contributed by atoms with Gasteiger partial charge in [-0.3, -0.25) is 0 Å². The third-order valence-electron chi connectivity index (χ3n) is 3.64. The molecule has 1 amide bonds. The van der Waals surface area contributed by atoms with Crippen LogP contribution in [0.1, 0.15) is 39.2 Å². The lowest BCUT2D eigenvalue weighted by molar-refractivity contribution is 0.00593. The van der Waals surface area contributed by atoms with Crippen LogP contribution in [-0.2, 0) is 16.1 Å². The summed E-state index contributed by atoms with van der Waals surface area (Å²) < 4.78 is 11.3. The highest BCUT2D eigenvalue weighted by Gasteiger charge is 2.27. The Bertz CT molecular complexity index is 467. The van der Waals surface area contributed by atoms with E-state index in [0.29, 0.717) is 19.1 Å². The fourth-order valence-corrected chi connectivity index (χ4v) is 2.61. The fraction of sp³-hybridized carbons (Fsp3) is 0.611. The van der Waals surface area contributed by atoms with E-state index < -0.39 is 5.60 Å². The van der Waals surface area contributed by atoms with Crippen molar-refractivity contribution in [1.82, 2.24) is 4.90 Å². The Morgan fingerprint density at radius 1 is 1.27 bits per heavy atom. The summed E-state index contributed by atoms with van der Waals surface area (Å²) in [7, 11) is 0. The number of ether oxygens (including phenoxy) is 2. The molecule has 1 aliphatic heterocycles. The van der Waals surface area contributed by atoms with Crippen molar-refractivity contribution in [3.63, 3.8) is 0 Å². The Labute approximate surface area is 133 Å². The molecule has 0 bridgehead atoms. The first kappa shape index (κ1) is 16.8. The first-order valence-corrected chi connectivity index (χ1v) is 8.03. The molecule has 0 aliphatic carbocycles. The van der Waals surface area contributed by atoms with Crippen molar-refractivity contribution >= 4 is 6.09 Å². The summed E-state index contributed by atoms with van der Waals surface area (Å²) in [5.41, 5.74) is 0.746. The molecular formula is C18H27NO3. The van der Waals surface area contributed by atoms with Crippen molar-refractivity contribution in [1.29, 1.82) is 0 Å². The van der Waals surface area contributed by atoms with Gasteiger partial charge in [-0.2, -0.15) is 0 Å². The third-order valence-corrected chi connectivity index (χ3v) is 3.64. The molecule has 4 heteroatoms. The van der Waals surface area contributed by atoms with Crippen LogP contribution in [0.2, 0.25) is 0 Å². The number of hydrogen-bond acceptors (Lipinski definition) is 3. The highest BCUT2D eigenvalue weighted by molar-refractivity contribution is 5.68. The van der Waals surface area contributed by atoms with E-state index in [4.69, 9.17) is 9.47 Å². The highest BCUT2D eigenvalue weighted by Crippen LogP contribution is 2.20. The molecule has 1 aromatic carbocycles. The van der Waals surface area contributed by atoms with Crippen LogP contribution >= 0.6 is 0 Å². The van der Waals surface area contributed by atoms with Gasteiger partial charge in [-0.05, 0) is 39.2 Å². The minimum Gasteiger partial charge on any atom is -0.444 e. The molecule has 1 aliphatic rings. The van der Waals surface area contributed by atoms with Crippen molar-refractivity contribution in [2.75, 3.05) is 19.7 Å². The molecule has 122 valence electrons. The van der Waals surface area contributed by atoms with Gasteiger partial charge in [0.15, 0.2) is 0 Å². The van der Waals surface area contributed by atoms with Gasteiger partial charge in [-0.15, -0.1) is 0 Å². The van der Waals surface area contributed by atoms with Crippen LogP contribution in [0.5, 0.6) is 0 Å². The standard InChI is InChI=1S/C18H27NO3/c1-18(2,3)22-17(20)19-11-7-10-16(12-19)14-21-13-15-8-5-4-6-9-15/h4-6,8-9,16H,7,10-14H2,1-3H3. The Balaban J connectivity index is 1.75. The second-order valence-electron chi connectivity index (χ2n) is 6.94. The molecule has 1 heterocycles. The largest absolute Gasteiger partial charge is 0.444 e. The van der Waals surface area contributed by atoms with Crippen LogP contribution in [0.15, 0.2) is 30.3 Å². The lowest BCUT2D eigenvalue weighted by atomic mass is 9.99. The van der Waals surface area contributed by atoms with Gasteiger partial charge in [0.2, 0.25) is 0 Å². The van der Waals surface area contributed by atoms with E-state index in [9.17, 15) is 4.79 Å². The number of piperidine rings is 1. The second-order valence-corrected chi connectivity index (χ2v) is 6.94. The van der Waals surface area contributed by atoms with Crippen LogP contribution in [0, 0.1) is 5.92 Å². The minimum absolute atomic E-state index is 0.208. The van der Waals surface area contributed by atoms with Gasteiger partial charge in [0.05, 0.1) is 13.2 Å². The number of benzene rings is 1. The van der Waals surface area contributed by atoms with Gasteiger partial charge in [0.1, 0.15) is 5.60 Å². The maximum absolute atomic E-state index is 12.1. The number of nitrogens with zero attached hydrogens (tertiary/aromatic N) is 1. The summed E-state index contributed by atoms with van der Waals surface area (Å²) in [6.45, 7) is 8.52. The smallest absolute Gasteiger partial charge is 0.410 e. The molecular weight excluding hydrogens is 278 g/mol. The summed E-state index contributed by atoms with van der Waals surface area (Å²) in [4.78, 5) is 13.9. The number of carbonyl (C=O) groups is 1. The normalized spacial score (nSPS) is 19.0. The summed E-state index contributed by atoms with van der Waals surface area (Å²) >= 11 is 0. The summed E-state index contributed by atoms with van der Waals surface area (Å²) in [5, 5.41) is 0. The van der Waals surface area contributed by atoms with E-state index in [0.717, 1.165) is 25.9 Å². The van der Waals surface area contributed by atoms with E-state index in [1.54, 1.807) is 0 Å². The van der Waals surface area contributed by atoms with Gasteiger partial charge in [-0.25, -0.2) is 4.79 Å². The van der Waals surface area contributed by atoms with Gasteiger partial charge in [0, 0.05) is 19.0 Å². The molecule has 1 unspecified atom stereocenters. The summed E-state index contributed by atoms with van der Waals surface area (Å²) in [5.74, 6) is 0.394. The van der Waals surface area contributed by atoms with Gasteiger partial charge >= 0.3 is 6.09 Å². The predicted molar refractivity (Wildman–Crippen MR) is 86.6 cm³/mol. The quantitative estimate of drug-likeness (QED) is 0.848. The molecule has 0 saturated carbocycles. The Morgan fingerprint density at radius 2 is 2.00 bits per heavy atom. The second kappa shape index (κ2) is 7.63. The zero-order valence-corrected chi connectivity index (χ0v) is 13.9. The van der Waals surface area contributed by atoms with Crippen molar-refractivity contribution < 1.29 is 14.3 Å². The average molecular weight is 305 g/mol. The molecule has 1 atom stereocenters. The van der Waals surface area contributed by atoms with E-state index in [-0.39, 0.29) is 6.09 Å². The van der Waals surface area contributed by atoms with Crippen LogP contribution in [-0.4, -0.2) is 36.3 Å². The van der Waals surface area contributed by atoms with Gasteiger partial charge < -0.3 is 14.4 Å². The minimum atomic E-state index is -0.437. The molecule has 2 rings (SSSR count). The highest BCUT2D eigenvalue weighted by atomic mass is 16.6. The molecule has 1 fully saturated rings. The first-order valence-electron chi connectivity index (χ1n) is 8.03. The zero-order valence-electron chi connectivity index (χ0n) is 13.9. The average Bonchev–Trinajstić information content (AvgIpc) is 2.47. The summed E-state index contributed by atoms with van der Waals surface area (Å²) in [6.07, 6.45) is 1.91. The van der Waals surface area contributed by atoms with Crippen molar-refractivity contribution in [2.45, 2.75) is 45.8 Å². The molecule has 0 radical (unpaired) electrons. The predicted octanol–water partition coefficient (Wildman–Crippen LogP) is 3.85. The molecule has 0 spiro atoms. The van der Waals surface area contributed by atoms with Crippen molar-refractivity contribution in [3.05, 3.63) is 35.9 Å². The van der Waals surface area contributed by atoms with E-state index >= 15 is 0 Å². The maximum Gasteiger partial charge on any atom is 0.410 e. The molecule has 0 N–H and O–H groups in total. The molecule has 4 nitrogen and oxygen atoms in total. The Hall–Kier alpha value is -1.55. The third kappa shape index (κ3) is 5.68. The van der Waals surface area contributed by atoms with Crippen LogP contribution in [0.25, 0.3) is 0 Å². The number of amides is 1. The van der Waals surface area contributed by atoms with Crippen LogP contribution in [0.3, 0.4) is 0 Å². The molecule has 1 aromatic rings. The van der Waals surface area contributed by atoms with Crippen molar-refractivity contribution in [2.24, 2.45) is 5.92 Å². The SMILES string of the molecule is CC(C)(C)OC(=O)N1CCCC(COCc2ccccc2)C1. The van der Waals surface area contributed by atoms with Crippen molar-refractivity contribution in [3.8, 4) is 0 Å². The number of likely N-dealkylation sites (tertiary alicyclic amines) is 1. The lowest BCUT2D eigenvalue weighted by Gasteiger charge is -2.34. The van der Waals surface area contributed by atoms with E-state index in [2.05, 4.69) is 12.1 Å². The van der Waals surface area contributed by atoms with Gasteiger partial charge in [-0.1, -0.05) is 30.3 Å². The first-order chi connectivity index (χ1) is 10.4. The number of rotatable bonds is 4. The Kier molecular flexibility index (Phi) is 5.83. The van der Waals surface area contributed by atoms with E-state index in [1.807, 2.05) is 43.9 Å². The van der Waals surface area contributed by atoms with Gasteiger partial charge in [0.25, 0.3) is 0 Å².